The summed E-state index contributed by atoms with van der Waals surface area (Å²) in [5.74, 6) is 0.290. The van der Waals surface area contributed by atoms with E-state index in [0.29, 0.717) is 22.6 Å². The number of nitrogens with two attached hydrogens (primary N) is 2. The van der Waals surface area contributed by atoms with E-state index in [1.807, 2.05) is 0 Å². The number of rotatable bonds is 5. The summed E-state index contributed by atoms with van der Waals surface area (Å²) in [4.78, 5) is 7.39. The molecule has 118 valence electrons. The first-order chi connectivity index (χ1) is 10.5. The third kappa shape index (κ3) is 3.71. The molecule has 0 aromatic carbocycles. The Kier molecular flexibility index (Phi) is 4.94. The van der Waals surface area contributed by atoms with Crippen LogP contribution in [0.4, 0.5) is 13.2 Å². The van der Waals surface area contributed by atoms with Crippen molar-refractivity contribution in [3.8, 4) is 5.88 Å². The highest BCUT2D eigenvalue weighted by molar-refractivity contribution is 5.29. The molecular formula is C14H15F3N4O. The molecule has 4 N–H and O–H groups in total. The topological polar surface area (TPSA) is 87.0 Å². The van der Waals surface area contributed by atoms with E-state index >= 15 is 0 Å². The summed E-state index contributed by atoms with van der Waals surface area (Å²) in [6.07, 6.45) is -1.88. The van der Waals surface area contributed by atoms with Gasteiger partial charge in [-0.25, -0.2) is 4.98 Å². The lowest BCUT2D eigenvalue weighted by atomic mass is 10.1. The average molecular weight is 312 g/mol. The van der Waals surface area contributed by atoms with E-state index in [1.54, 1.807) is 12.1 Å². The molecule has 2 heterocycles. The van der Waals surface area contributed by atoms with Crippen molar-refractivity contribution in [2.45, 2.75) is 25.9 Å². The van der Waals surface area contributed by atoms with Crippen molar-refractivity contribution >= 4 is 0 Å². The highest BCUT2D eigenvalue weighted by Crippen LogP contribution is 2.29. The van der Waals surface area contributed by atoms with Crippen LogP contribution in [0.2, 0.25) is 0 Å². The van der Waals surface area contributed by atoms with Crippen molar-refractivity contribution in [1.29, 1.82) is 0 Å². The largest absolute Gasteiger partial charge is 0.473 e. The second-order valence-corrected chi connectivity index (χ2v) is 4.50. The molecule has 0 aliphatic rings. The monoisotopic (exact) mass is 312 g/mol. The van der Waals surface area contributed by atoms with E-state index in [2.05, 4.69) is 9.97 Å². The maximum atomic E-state index is 12.7. The van der Waals surface area contributed by atoms with Gasteiger partial charge in [-0.3, -0.25) is 4.98 Å². The summed E-state index contributed by atoms with van der Waals surface area (Å²) in [6.45, 7) is 0.189. The summed E-state index contributed by atoms with van der Waals surface area (Å²) >= 11 is 0. The zero-order chi connectivity index (χ0) is 16.2. The minimum absolute atomic E-state index is 0.0653. The van der Waals surface area contributed by atoms with Gasteiger partial charge in [0.2, 0.25) is 5.88 Å². The highest BCUT2D eigenvalue weighted by atomic mass is 19.4. The van der Waals surface area contributed by atoms with Gasteiger partial charge in [-0.2, -0.15) is 13.2 Å². The maximum absolute atomic E-state index is 12.7. The van der Waals surface area contributed by atoms with Crippen LogP contribution < -0.4 is 16.2 Å². The fourth-order valence-corrected chi connectivity index (χ4v) is 1.85. The molecule has 0 atom stereocenters. The van der Waals surface area contributed by atoms with Crippen molar-refractivity contribution in [2.75, 3.05) is 0 Å². The number of hydrogen-bond acceptors (Lipinski definition) is 5. The Morgan fingerprint density at radius 2 is 1.77 bits per heavy atom. The number of hydrogen-bond donors (Lipinski definition) is 2. The van der Waals surface area contributed by atoms with E-state index in [0.717, 1.165) is 12.3 Å². The third-order valence-corrected chi connectivity index (χ3v) is 3.03. The maximum Gasteiger partial charge on any atom is 0.433 e. The standard InChI is InChI=1S/C14H15F3N4O/c15-14(16,17)12-4-10(11(6-19)7-21-12)8-22-13-9(5-18)2-1-3-20-13/h1-4,7H,5-6,8,18-19H2. The third-order valence-electron chi connectivity index (χ3n) is 3.03. The fourth-order valence-electron chi connectivity index (χ4n) is 1.85. The molecule has 0 amide bonds. The molecule has 2 aromatic rings. The van der Waals surface area contributed by atoms with Gasteiger partial charge < -0.3 is 16.2 Å². The van der Waals surface area contributed by atoms with Crippen LogP contribution in [0.3, 0.4) is 0 Å². The van der Waals surface area contributed by atoms with E-state index in [-0.39, 0.29) is 19.7 Å². The van der Waals surface area contributed by atoms with Crippen LogP contribution in [0.1, 0.15) is 22.4 Å². The Bertz CT molecular complexity index is 646. The molecule has 0 spiro atoms. The normalized spacial score (nSPS) is 11.5. The fraction of sp³-hybridized carbons (Fsp3) is 0.286. The van der Waals surface area contributed by atoms with Crippen LogP contribution in [0.15, 0.2) is 30.6 Å². The van der Waals surface area contributed by atoms with E-state index in [4.69, 9.17) is 16.2 Å². The molecule has 0 fully saturated rings. The van der Waals surface area contributed by atoms with Crippen molar-refractivity contribution in [3.63, 3.8) is 0 Å². The van der Waals surface area contributed by atoms with Crippen LogP contribution in [0, 0.1) is 0 Å². The molecule has 0 saturated carbocycles. The van der Waals surface area contributed by atoms with Gasteiger partial charge >= 0.3 is 6.18 Å². The molecule has 0 aliphatic carbocycles. The summed E-state index contributed by atoms with van der Waals surface area (Å²) in [5.41, 5.74) is 11.6. The second kappa shape index (κ2) is 6.71. The number of alkyl halides is 3. The summed E-state index contributed by atoms with van der Waals surface area (Å²) in [6, 6.07) is 4.38. The van der Waals surface area contributed by atoms with Gasteiger partial charge in [-0.15, -0.1) is 0 Å². The number of nitrogens with zero attached hydrogens (tertiary/aromatic N) is 2. The van der Waals surface area contributed by atoms with Crippen molar-refractivity contribution in [3.05, 3.63) is 53.0 Å². The Labute approximate surface area is 125 Å². The highest BCUT2D eigenvalue weighted by Gasteiger charge is 2.33. The van der Waals surface area contributed by atoms with Crippen LogP contribution >= 0.6 is 0 Å². The molecule has 0 bridgehead atoms. The van der Waals surface area contributed by atoms with Crippen LogP contribution in [0.25, 0.3) is 0 Å². The van der Waals surface area contributed by atoms with Gasteiger partial charge in [-0.05, 0) is 23.3 Å². The minimum Gasteiger partial charge on any atom is -0.473 e. The number of ether oxygens (including phenoxy) is 1. The first-order valence-electron chi connectivity index (χ1n) is 6.47. The molecule has 0 unspecified atom stereocenters. The lowest BCUT2D eigenvalue weighted by Crippen LogP contribution is -2.13. The number of pyridine rings is 2. The Morgan fingerprint density at radius 3 is 2.41 bits per heavy atom. The lowest BCUT2D eigenvalue weighted by Gasteiger charge is -2.13. The SMILES string of the molecule is NCc1cnc(C(F)(F)F)cc1COc1ncccc1CN. The summed E-state index contributed by atoms with van der Waals surface area (Å²) < 4.78 is 43.6. The number of halogens is 3. The van der Waals surface area contributed by atoms with Gasteiger partial charge in [0, 0.05) is 31.0 Å². The second-order valence-electron chi connectivity index (χ2n) is 4.50. The Balaban J connectivity index is 2.24. The Morgan fingerprint density at radius 1 is 1.05 bits per heavy atom. The Hall–Kier alpha value is -2.19. The van der Waals surface area contributed by atoms with E-state index < -0.39 is 11.9 Å². The molecule has 2 rings (SSSR count). The van der Waals surface area contributed by atoms with Gasteiger partial charge in [0.1, 0.15) is 12.3 Å². The zero-order valence-corrected chi connectivity index (χ0v) is 11.6. The van der Waals surface area contributed by atoms with Crippen LogP contribution in [0.5, 0.6) is 5.88 Å². The van der Waals surface area contributed by atoms with Gasteiger partial charge in [-0.1, -0.05) is 6.07 Å². The predicted molar refractivity (Wildman–Crippen MR) is 73.6 cm³/mol. The number of aromatic nitrogens is 2. The molecule has 0 saturated heterocycles. The quantitative estimate of drug-likeness (QED) is 0.881. The van der Waals surface area contributed by atoms with Crippen molar-refractivity contribution in [1.82, 2.24) is 9.97 Å². The molecule has 2 aromatic heterocycles. The minimum atomic E-state index is -4.52. The first-order valence-corrected chi connectivity index (χ1v) is 6.47. The molecular weight excluding hydrogens is 297 g/mol. The van der Waals surface area contributed by atoms with Gasteiger partial charge in [0.05, 0.1) is 0 Å². The van der Waals surface area contributed by atoms with Crippen molar-refractivity contribution in [2.24, 2.45) is 11.5 Å². The summed E-state index contributed by atoms with van der Waals surface area (Å²) in [7, 11) is 0. The van der Waals surface area contributed by atoms with Crippen LogP contribution in [-0.2, 0) is 25.9 Å². The van der Waals surface area contributed by atoms with E-state index in [9.17, 15) is 13.2 Å². The average Bonchev–Trinajstić information content (AvgIpc) is 2.52. The van der Waals surface area contributed by atoms with Crippen LogP contribution in [-0.4, -0.2) is 9.97 Å². The molecule has 5 nitrogen and oxygen atoms in total. The molecule has 0 radical (unpaired) electrons. The predicted octanol–water partition coefficient (Wildman–Crippen LogP) is 1.99. The smallest absolute Gasteiger partial charge is 0.433 e. The van der Waals surface area contributed by atoms with Crippen molar-refractivity contribution < 1.29 is 17.9 Å². The molecule has 8 heteroatoms. The van der Waals surface area contributed by atoms with Gasteiger partial charge in [0.25, 0.3) is 0 Å². The zero-order valence-electron chi connectivity index (χ0n) is 11.6. The van der Waals surface area contributed by atoms with E-state index in [1.165, 1.54) is 6.20 Å². The first kappa shape index (κ1) is 16.2. The molecule has 0 aliphatic heterocycles. The van der Waals surface area contributed by atoms with Gasteiger partial charge in [0.15, 0.2) is 0 Å². The lowest BCUT2D eigenvalue weighted by molar-refractivity contribution is -0.141. The summed E-state index contributed by atoms with van der Waals surface area (Å²) in [5, 5.41) is 0. The molecule has 22 heavy (non-hydrogen) atoms.